The highest BCUT2D eigenvalue weighted by Crippen LogP contribution is 2.13. The fourth-order valence-electron chi connectivity index (χ4n) is 1.95. The fraction of sp³-hybridized carbons (Fsp3) is 0.571. The van der Waals surface area contributed by atoms with Crippen molar-refractivity contribution in [2.45, 2.75) is 25.2 Å². The van der Waals surface area contributed by atoms with Gasteiger partial charge in [-0.15, -0.1) is 0 Å². The summed E-state index contributed by atoms with van der Waals surface area (Å²) in [5, 5.41) is 3.30. The Balaban J connectivity index is 2.43. The van der Waals surface area contributed by atoms with Crippen molar-refractivity contribution in [3.05, 3.63) is 24.3 Å². The summed E-state index contributed by atoms with van der Waals surface area (Å²) in [5.41, 5.74) is 0.944. The lowest BCUT2D eigenvalue weighted by Crippen LogP contribution is -2.25. The molecular formula is C14H25N3O2S. The first-order chi connectivity index (χ1) is 9.53. The Bertz CT molecular complexity index is 482. The second kappa shape index (κ2) is 8.24. The topological polar surface area (TPSA) is 61.4 Å². The zero-order chi connectivity index (χ0) is 15.0. The summed E-state index contributed by atoms with van der Waals surface area (Å²) >= 11 is 0. The van der Waals surface area contributed by atoms with Crippen molar-refractivity contribution in [2.75, 3.05) is 38.5 Å². The van der Waals surface area contributed by atoms with E-state index in [0.717, 1.165) is 38.3 Å². The van der Waals surface area contributed by atoms with Crippen LogP contribution in [0.2, 0.25) is 0 Å². The molecule has 20 heavy (non-hydrogen) atoms. The first-order valence-electron chi connectivity index (χ1n) is 7.03. The number of anilines is 1. The van der Waals surface area contributed by atoms with E-state index >= 15 is 0 Å². The van der Waals surface area contributed by atoms with Crippen molar-refractivity contribution in [1.29, 1.82) is 0 Å². The lowest BCUT2D eigenvalue weighted by atomic mass is 10.3. The van der Waals surface area contributed by atoms with Crippen LogP contribution < -0.4 is 10.0 Å². The first kappa shape index (κ1) is 16.9. The monoisotopic (exact) mass is 299 g/mol. The highest BCUT2D eigenvalue weighted by Gasteiger charge is 2.10. The standard InChI is InChI=1S/C14H25N3O2S/c1-4-17(5-2)12-6-11-16-13-7-9-14(10-8-13)20(18,19)15-3/h7-10,15-16H,4-6,11-12H2,1-3H3. The van der Waals surface area contributed by atoms with Gasteiger partial charge in [-0.3, -0.25) is 0 Å². The van der Waals surface area contributed by atoms with Gasteiger partial charge < -0.3 is 10.2 Å². The molecule has 0 radical (unpaired) electrons. The molecule has 0 fully saturated rings. The third-order valence-electron chi connectivity index (χ3n) is 3.31. The highest BCUT2D eigenvalue weighted by atomic mass is 32.2. The summed E-state index contributed by atoms with van der Waals surface area (Å²) in [7, 11) is -1.93. The highest BCUT2D eigenvalue weighted by molar-refractivity contribution is 7.89. The van der Waals surface area contributed by atoms with Gasteiger partial charge in [0, 0.05) is 12.2 Å². The quantitative estimate of drug-likeness (QED) is 0.682. The molecule has 0 atom stereocenters. The smallest absolute Gasteiger partial charge is 0.240 e. The number of nitrogens with one attached hydrogen (secondary N) is 2. The Hall–Kier alpha value is -1.11. The molecule has 1 aromatic rings. The van der Waals surface area contributed by atoms with E-state index < -0.39 is 10.0 Å². The van der Waals surface area contributed by atoms with Gasteiger partial charge in [-0.1, -0.05) is 13.8 Å². The van der Waals surface area contributed by atoms with Gasteiger partial charge in [0.2, 0.25) is 10.0 Å². The number of hydrogen-bond donors (Lipinski definition) is 2. The van der Waals surface area contributed by atoms with Crippen LogP contribution in [0.5, 0.6) is 0 Å². The molecule has 0 aliphatic heterocycles. The SMILES string of the molecule is CCN(CC)CCCNc1ccc(S(=O)(=O)NC)cc1. The van der Waals surface area contributed by atoms with E-state index in [1.807, 2.05) is 0 Å². The van der Waals surface area contributed by atoms with Crippen molar-refractivity contribution < 1.29 is 8.42 Å². The molecule has 5 nitrogen and oxygen atoms in total. The van der Waals surface area contributed by atoms with Gasteiger partial charge in [0.25, 0.3) is 0 Å². The lowest BCUT2D eigenvalue weighted by Gasteiger charge is -2.17. The molecule has 0 spiro atoms. The normalized spacial score (nSPS) is 11.8. The molecule has 0 aliphatic rings. The Morgan fingerprint density at radius 1 is 1.10 bits per heavy atom. The average molecular weight is 299 g/mol. The zero-order valence-corrected chi connectivity index (χ0v) is 13.3. The third kappa shape index (κ3) is 5.11. The molecule has 0 bridgehead atoms. The second-order valence-electron chi connectivity index (χ2n) is 4.54. The maximum atomic E-state index is 11.6. The van der Waals surface area contributed by atoms with Crippen molar-refractivity contribution in [3.8, 4) is 0 Å². The van der Waals surface area contributed by atoms with Crippen molar-refractivity contribution >= 4 is 15.7 Å². The predicted molar refractivity (Wildman–Crippen MR) is 83.6 cm³/mol. The maximum absolute atomic E-state index is 11.6. The summed E-state index contributed by atoms with van der Waals surface area (Å²) < 4.78 is 25.5. The van der Waals surface area contributed by atoms with Crippen molar-refractivity contribution in [3.63, 3.8) is 0 Å². The number of benzene rings is 1. The summed E-state index contributed by atoms with van der Waals surface area (Å²) in [6.45, 7) is 8.44. The summed E-state index contributed by atoms with van der Waals surface area (Å²) in [6.07, 6.45) is 1.07. The van der Waals surface area contributed by atoms with Crippen LogP contribution in [0.1, 0.15) is 20.3 Å². The van der Waals surface area contributed by atoms with Gasteiger partial charge in [0.05, 0.1) is 4.90 Å². The number of rotatable bonds is 9. The van der Waals surface area contributed by atoms with E-state index in [4.69, 9.17) is 0 Å². The van der Waals surface area contributed by atoms with E-state index in [9.17, 15) is 8.42 Å². The molecular weight excluding hydrogens is 274 g/mol. The molecule has 114 valence electrons. The lowest BCUT2D eigenvalue weighted by molar-refractivity contribution is 0.303. The van der Waals surface area contributed by atoms with Crippen LogP contribution in [0.25, 0.3) is 0 Å². The molecule has 0 amide bonds. The van der Waals surface area contributed by atoms with Crippen LogP contribution in [0, 0.1) is 0 Å². The molecule has 0 aliphatic carbocycles. The molecule has 0 aromatic heterocycles. The second-order valence-corrected chi connectivity index (χ2v) is 6.43. The number of nitrogens with zero attached hydrogens (tertiary/aromatic N) is 1. The van der Waals surface area contributed by atoms with Gasteiger partial charge >= 0.3 is 0 Å². The Kier molecular flexibility index (Phi) is 6.98. The Morgan fingerprint density at radius 3 is 2.20 bits per heavy atom. The predicted octanol–water partition coefficient (Wildman–Crippen LogP) is 1.74. The molecule has 0 saturated carbocycles. The minimum atomic E-state index is -3.34. The van der Waals surface area contributed by atoms with E-state index in [-0.39, 0.29) is 4.90 Å². The van der Waals surface area contributed by atoms with Crippen LogP contribution in [0.3, 0.4) is 0 Å². The molecule has 0 saturated heterocycles. The van der Waals surface area contributed by atoms with Crippen molar-refractivity contribution in [1.82, 2.24) is 9.62 Å². The molecule has 1 rings (SSSR count). The van der Waals surface area contributed by atoms with Gasteiger partial charge in [-0.25, -0.2) is 13.1 Å². The van der Waals surface area contributed by atoms with Crippen LogP contribution >= 0.6 is 0 Å². The molecule has 0 heterocycles. The first-order valence-corrected chi connectivity index (χ1v) is 8.51. The van der Waals surface area contributed by atoms with Crippen LogP contribution in [-0.2, 0) is 10.0 Å². The fourth-order valence-corrected chi connectivity index (χ4v) is 2.68. The van der Waals surface area contributed by atoms with E-state index in [1.54, 1.807) is 24.3 Å². The van der Waals surface area contributed by atoms with E-state index in [2.05, 4.69) is 28.8 Å². The Labute approximate surface area is 122 Å². The van der Waals surface area contributed by atoms with Crippen molar-refractivity contribution in [2.24, 2.45) is 0 Å². The minimum absolute atomic E-state index is 0.286. The minimum Gasteiger partial charge on any atom is -0.385 e. The molecule has 6 heteroatoms. The largest absolute Gasteiger partial charge is 0.385 e. The van der Waals surface area contributed by atoms with Gasteiger partial charge in [0.1, 0.15) is 0 Å². The maximum Gasteiger partial charge on any atom is 0.240 e. The summed E-state index contributed by atoms with van der Waals surface area (Å²) in [4.78, 5) is 2.67. The summed E-state index contributed by atoms with van der Waals surface area (Å²) in [6, 6.07) is 6.81. The van der Waals surface area contributed by atoms with Gasteiger partial charge in [-0.2, -0.15) is 0 Å². The Morgan fingerprint density at radius 2 is 1.70 bits per heavy atom. The van der Waals surface area contributed by atoms with E-state index in [1.165, 1.54) is 7.05 Å². The zero-order valence-electron chi connectivity index (χ0n) is 12.5. The van der Waals surface area contributed by atoms with Gasteiger partial charge in [0.15, 0.2) is 0 Å². The van der Waals surface area contributed by atoms with Crippen LogP contribution in [0.15, 0.2) is 29.2 Å². The third-order valence-corrected chi connectivity index (χ3v) is 4.74. The van der Waals surface area contributed by atoms with Crippen LogP contribution in [-0.4, -0.2) is 46.5 Å². The number of sulfonamides is 1. The van der Waals surface area contributed by atoms with Gasteiger partial charge in [-0.05, 0) is 57.4 Å². The summed E-state index contributed by atoms with van der Waals surface area (Å²) in [5.74, 6) is 0. The molecule has 0 unspecified atom stereocenters. The molecule has 1 aromatic carbocycles. The number of hydrogen-bond acceptors (Lipinski definition) is 4. The molecule has 2 N–H and O–H groups in total. The average Bonchev–Trinajstić information content (AvgIpc) is 2.48. The van der Waals surface area contributed by atoms with Crippen LogP contribution in [0.4, 0.5) is 5.69 Å². The van der Waals surface area contributed by atoms with E-state index in [0.29, 0.717) is 0 Å².